The van der Waals surface area contributed by atoms with Gasteiger partial charge in [-0.05, 0) is 259 Å². The molecule has 18 aromatic rings. The summed E-state index contributed by atoms with van der Waals surface area (Å²) in [5, 5.41) is 30.4. The fraction of sp³-hybridized carbons (Fsp3) is 0.217. The van der Waals surface area contributed by atoms with Gasteiger partial charge in [0.2, 0.25) is 0 Å². The Labute approximate surface area is 872 Å². The van der Waals surface area contributed by atoms with Gasteiger partial charge >= 0.3 is 5.97 Å². The van der Waals surface area contributed by atoms with E-state index in [0.717, 1.165) is 87.1 Å². The molecule has 14 heterocycles. The van der Waals surface area contributed by atoms with Gasteiger partial charge in [-0.3, -0.25) is 28.8 Å². The van der Waals surface area contributed by atoms with E-state index in [1.165, 1.54) is 31.5 Å². The van der Waals surface area contributed by atoms with E-state index < -0.39 is 35.3 Å². The highest BCUT2D eigenvalue weighted by Gasteiger charge is 2.28. The molecule has 0 spiro atoms. The van der Waals surface area contributed by atoms with E-state index in [1.807, 2.05) is 205 Å². The smallest absolute Gasteiger partial charge is 0.302 e. The monoisotopic (exact) mass is 2310 g/mol. The minimum absolute atomic E-state index is 0.0312. The number of hydrogen-bond acceptors (Lipinski definition) is 22. The van der Waals surface area contributed by atoms with Crippen molar-refractivity contribution in [3.05, 3.63) is 349 Å². The van der Waals surface area contributed by atoms with Crippen molar-refractivity contribution in [1.82, 2.24) is 76.8 Å². The number of nitrogen functional groups attached to an aromatic ring is 1. The fourth-order valence-corrected chi connectivity index (χ4v) is 19.7. The van der Waals surface area contributed by atoms with E-state index in [9.17, 15) is 33.9 Å². The predicted molar refractivity (Wildman–Crippen MR) is 574 cm³/mol. The molecule has 0 atom stereocenters. The number of nitrogens with two attached hydrogens (primary N) is 1. The average molecular weight is 2310 g/mol. The summed E-state index contributed by atoms with van der Waals surface area (Å²) in [4.78, 5) is 105. The van der Waals surface area contributed by atoms with E-state index in [2.05, 4.69) is 137 Å². The normalized spacial score (nSPS) is 13.3. The molecule has 7 aromatic carbocycles. The maximum absolute atomic E-state index is 15.6. The summed E-state index contributed by atoms with van der Waals surface area (Å²) in [5.41, 5.74) is 19.2. The van der Waals surface area contributed by atoms with Crippen LogP contribution in [-0.2, 0) is 47.8 Å². The van der Waals surface area contributed by atoms with Crippen LogP contribution >= 0.6 is 86.3 Å². The lowest BCUT2D eigenvalue weighted by molar-refractivity contribution is -0.142. The lowest BCUT2D eigenvalue weighted by Gasteiger charge is -2.26. The standard InChI is InChI=1S/C39H37FN6O5.C37H35FN6O4.C18H17BrN4O2.C7H4Br2N2.C5H4BrIN2/c1-24(47)51-23-31-30(6-5-7-34(31)46-38(49)35-26(21-42-46)18-28(20-32(35)40)39(2,3)4)27-19-33(36-41-12-13-45(36)22-27)43-29-10-8-25(9-11-29)37(48)44-14-16-50-17-15-44;1-37(2,3)26-17-24-20-40-44(36(47)33(24)30(38)19-26)32-6-4-5-28(29(32)22-45)25-18-31(34-39-11-12-43(34)21-25)41-27-9-7-23(8-10-27)35(46)42-13-15-48-16-14-42;19-14-11-16(17-20-5-6-23(17)12-14)21-15-3-1-13(2-4-15)18(24)22-7-9-25-10-8-22;8-5-3-6(9)7-10-1-2-11(7)4-5;6-3-1-4(7)5(8)9-2-3/h5-13,18-22,43H,14-17,23H2,1-4H3;4-12,17-21,41,45H,13-16,22H2,1-3H3;1-6,11-12,21H,7-10H2;1-4H;1-2H,(H2,8,9). The molecular weight excluding hydrogens is 2210 g/mol. The molecule has 11 aromatic heterocycles. The summed E-state index contributed by atoms with van der Waals surface area (Å²) in [6, 6.07) is 48.8. The van der Waals surface area contributed by atoms with Crippen LogP contribution in [0, 0.1) is 15.2 Å². The summed E-state index contributed by atoms with van der Waals surface area (Å²) in [5.74, 6) is -1.18. The first-order chi connectivity index (χ1) is 69.3. The molecule has 3 saturated heterocycles. The lowest BCUT2D eigenvalue weighted by Crippen LogP contribution is -2.40. The number of carbonyl (C=O) groups is 4. The van der Waals surface area contributed by atoms with Gasteiger partial charge in [0.05, 0.1) is 106 Å². The predicted octanol–water partition coefficient (Wildman–Crippen LogP) is 20.5. The van der Waals surface area contributed by atoms with Gasteiger partial charge in [0, 0.05) is 207 Å². The number of rotatable bonds is 16. The Morgan fingerprint density at radius 3 is 1.21 bits per heavy atom. The number of aliphatic hydroxyl groups excluding tert-OH is 1. The number of pyridine rings is 5. The number of aliphatic hydroxyl groups is 1. The number of morpholine rings is 3. The Hall–Kier alpha value is -13.8. The number of nitrogens with zero attached hydrogens (tertiary/aromatic N) is 16. The largest absolute Gasteiger partial charge is 0.461 e. The molecule has 144 heavy (non-hydrogen) atoms. The number of aromatic nitrogens is 13. The van der Waals surface area contributed by atoms with Crippen molar-refractivity contribution < 1.29 is 52.0 Å². The summed E-state index contributed by atoms with van der Waals surface area (Å²) in [6.45, 7) is 19.5. The van der Waals surface area contributed by atoms with Gasteiger partial charge in [-0.15, -0.1) is 0 Å². The zero-order valence-corrected chi connectivity index (χ0v) is 87.6. The van der Waals surface area contributed by atoms with Crippen molar-refractivity contribution in [2.75, 3.05) is 101 Å². The molecule has 0 bridgehead atoms. The van der Waals surface area contributed by atoms with Crippen molar-refractivity contribution in [2.45, 2.75) is 72.5 Å². The number of halogens is 7. The van der Waals surface area contributed by atoms with Crippen LogP contribution in [0.3, 0.4) is 0 Å². The minimum Gasteiger partial charge on any atom is -0.461 e. The maximum Gasteiger partial charge on any atom is 0.302 e. The number of nitrogens with one attached hydrogen (secondary N) is 3. The van der Waals surface area contributed by atoms with E-state index in [4.69, 9.17) is 24.7 Å². The number of benzene rings is 7. The van der Waals surface area contributed by atoms with Crippen molar-refractivity contribution in [2.24, 2.45) is 0 Å². The van der Waals surface area contributed by atoms with Gasteiger partial charge in [-0.25, -0.2) is 33.7 Å². The molecule has 31 nitrogen and oxygen atoms in total. The van der Waals surface area contributed by atoms with Gasteiger partial charge in [-0.1, -0.05) is 65.8 Å². The first kappa shape index (κ1) is 102. The highest BCUT2D eigenvalue weighted by Crippen LogP contribution is 2.39. The Bertz CT molecular complexity index is 7990. The second-order valence-corrected chi connectivity index (χ2v) is 40.7. The first-order valence-electron chi connectivity index (χ1n) is 45.8. The van der Waals surface area contributed by atoms with E-state index in [1.54, 1.807) is 101 Å². The van der Waals surface area contributed by atoms with Gasteiger partial charge in [-0.2, -0.15) is 19.6 Å². The van der Waals surface area contributed by atoms with Gasteiger partial charge < -0.3 is 78.0 Å². The maximum atomic E-state index is 15.6. The quantitative estimate of drug-likeness (QED) is 0.0443. The summed E-state index contributed by atoms with van der Waals surface area (Å²) >= 11 is 15.7. The van der Waals surface area contributed by atoms with E-state index in [0.29, 0.717) is 168 Å². The highest BCUT2D eigenvalue weighted by atomic mass is 127. The number of fused-ring (bicyclic) bond motifs is 6. The Balaban J connectivity index is 0.000000139. The third-order valence-corrected chi connectivity index (χ3v) is 26.9. The first-order valence-corrected chi connectivity index (χ1v) is 50.1. The van der Waals surface area contributed by atoms with Crippen LogP contribution < -0.4 is 32.8 Å². The number of anilines is 7. The molecule has 38 heteroatoms. The second kappa shape index (κ2) is 44.6. The molecule has 3 fully saturated rings. The second-order valence-electron chi connectivity index (χ2n) is 35.9. The SMILES string of the molecule is Brc1cc(Br)c2nccn2c1.CC(=O)OCc1c(-c2cc(Nc3ccc(C(=O)N4CCOCC4)cc3)c3nccn3c2)cccc1-n1ncc2cc(C(C)(C)C)cc(F)c2c1=O.CC(C)(C)c1cc(F)c2c(=O)n(-c3cccc(-c4cc(Nc5ccc(C(=O)N6CCOCC6)cc5)c5nccn5c4)c3CO)ncc2c1.Nc1ncc(Br)cc1I.O=C(c1ccc(Nc2cc(Br)cn3ccnc23)cc1)N1CCOCC1. The van der Waals surface area contributed by atoms with Crippen LogP contribution in [0.4, 0.5) is 48.7 Å². The molecule has 0 unspecified atom stereocenters. The Morgan fingerprint density at radius 1 is 0.458 bits per heavy atom. The molecule has 0 aliphatic carbocycles. The lowest BCUT2D eigenvalue weighted by atomic mass is 9.86. The Kier molecular flexibility index (Phi) is 31.5. The average Bonchev–Trinajstić information content (AvgIpc) is 0.861. The molecule has 3 aliphatic rings. The highest BCUT2D eigenvalue weighted by molar-refractivity contribution is 14.1. The number of carbonyl (C=O) groups excluding carboxylic acids is 4. The molecule has 3 amide bonds. The topological polar surface area (TPSA) is 349 Å². The molecule has 0 radical (unpaired) electrons. The summed E-state index contributed by atoms with van der Waals surface area (Å²) < 4.78 is 67.4. The third-order valence-electron chi connectivity index (χ3n) is 24.2. The van der Waals surface area contributed by atoms with Crippen LogP contribution in [-0.4, -0.2) is 184 Å². The number of esters is 1. The van der Waals surface area contributed by atoms with Crippen molar-refractivity contribution in [3.8, 4) is 33.6 Å². The summed E-state index contributed by atoms with van der Waals surface area (Å²) in [6.07, 6.45) is 26.7. The minimum atomic E-state index is -0.630. The molecule has 3 aliphatic heterocycles. The van der Waals surface area contributed by atoms with Crippen LogP contribution in [0.25, 0.3) is 77.8 Å². The number of ether oxygens (including phenoxy) is 4. The van der Waals surface area contributed by atoms with Crippen LogP contribution in [0.1, 0.15) is 102 Å². The number of imidazole rings is 4. The molecule has 0 saturated carbocycles. The van der Waals surface area contributed by atoms with E-state index in [-0.39, 0.29) is 45.9 Å². The van der Waals surface area contributed by atoms with Gasteiger partial charge in [0.15, 0.2) is 22.6 Å². The fourth-order valence-electron chi connectivity index (χ4n) is 16.7. The number of hydrogen-bond donors (Lipinski definition) is 5. The summed E-state index contributed by atoms with van der Waals surface area (Å²) in [7, 11) is 0. The van der Waals surface area contributed by atoms with Crippen molar-refractivity contribution in [3.63, 3.8) is 0 Å². The molecular formula is C106H97Br4F2IN20O11. The van der Waals surface area contributed by atoms with E-state index >= 15 is 8.78 Å². The zero-order valence-electron chi connectivity index (χ0n) is 79.1. The molecule has 6 N–H and O–H groups in total. The van der Waals surface area contributed by atoms with Gasteiger partial charge in [0.25, 0.3) is 28.8 Å². The Morgan fingerprint density at radius 2 is 0.826 bits per heavy atom. The number of amides is 3. The van der Waals surface area contributed by atoms with Crippen LogP contribution in [0.2, 0.25) is 0 Å². The van der Waals surface area contributed by atoms with Crippen LogP contribution in [0.5, 0.6) is 0 Å². The third kappa shape index (κ3) is 23.3. The van der Waals surface area contributed by atoms with Gasteiger partial charge in [0.1, 0.15) is 24.1 Å². The van der Waals surface area contributed by atoms with Crippen molar-refractivity contribution >= 4 is 194 Å². The molecule has 21 rings (SSSR count). The van der Waals surface area contributed by atoms with Crippen LogP contribution in [0.15, 0.2) is 284 Å². The molecule has 736 valence electrons. The van der Waals surface area contributed by atoms with Crippen molar-refractivity contribution in [1.29, 1.82) is 0 Å². The zero-order chi connectivity index (χ0) is 101.